The largest absolute Gasteiger partial charge is 0.434 e. The number of carbonyl (C=O) groups is 1. The van der Waals surface area contributed by atoms with Gasteiger partial charge in [0, 0.05) is 18.5 Å². The van der Waals surface area contributed by atoms with Crippen molar-refractivity contribution < 1.29 is 23.1 Å². The van der Waals surface area contributed by atoms with Crippen molar-refractivity contribution in [2.45, 2.75) is 26.1 Å². The van der Waals surface area contributed by atoms with Crippen LogP contribution in [0.15, 0.2) is 5.38 Å². The predicted octanol–water partition coefficient (Wildman–Crippen LogP) is 1.98. The summed E-state index contributed by atoms with van der Waals surface area (Å²) in [5.74, 6) is 0.127. The number of aliphatic hydroxyl groups is 1. The number of hydrogen-bond acceptors (Lipinski definition) is 4. The summed E-state index contributed by atoms with van der Waals surface area (Å²) in [4.78, 5) is 14.8. The Morgan fingerprint density at radius 1 is 1.50 bits per heavy atom. The molecule has 0 bridgehead atoms. The van der Waals surface area contributed by atoms with Crippen molar-refractivity contribution in [2.24, 2.45) is 5.92 Å². The molecule has 0 spiro atoms. The Hall–Kier alpha value is -1.35. The normalized spacial score (nSPS) is 13.1. The van der Waals surface area contributed by atoms with Crippen molar-refractivity contribution in [1.29, 1.82) is 0 Å². The van der Waals surface area contributed by atoms with E-state index in [1.54, 1.807) is 0 Å². The van der Waals surface area contributed by atoms with Crippen LogP contribution in [0.4, 0.5) is 18.0 Å². The maximum Gasteiger partial charge on any atom is 0.434 e. The van der Waals surface area contributed by atoms with Crippen molar-refractivity contribution in [3.05, 3.63) is 16.1 Å². The Morgan fingerprint density at radius 3 is 2.75 bits per heavy atom. The number of hydrogen-bond donors (Lipinski definition) is 3. The molecule has 3 N–H and O–H groups in total. The highest BCUT2D eigenvalue weighted by Crippen LogP contribution is 2.29. The van der Waals surface area contributed by atoms with E-state index in [2.05, 4.69) is 15.6 Å². The number of rotatable bonds is 6. The molecule has 1 aromatic heterocycles. The molecule has 1 heterocycles. The van der Waals surface area contributed by atoms with Gasteiger partial charge in [0.2, 0.25) is 0 Å². The maximum atomic E-state index is 12.3. The van der Waals surface area contributed by atoms with Crippen LogP contribution in [0.3, 0.4) is 0 Å². The van der Waals surface area contributed by atoms with E-state index in [9.17, 15) is 18.0 Å². The van der Waals surface area contributed by atoms with Crippen LogP contribution in [0.5, 0.6) is 0 Å². The fourth-order valence-corrected chi connectivity index (χ4v) is 2.07. The van der Waals surface area contributed by atoms with Crippen molar-refractivity contribution >= 4 is 17.4 Å². The Kier molecular flexibility index (Phi) is 6.21. The molecular weight excluding hydrogens is 295 g/mol. The topological polar surface area (TPSA) is 74.2 Å². The summed E-state index contributed by atoms with van der Waals surface area (Å²) in [5.41, 5.74) is -0.948. The van der Waals surface area contributed by atoms with Crippen molar-refractivity contribution in [3.63, 3.8) is 0 Å². The van der Waals surface area contributed by atoms with Gasteiger partial charge in [-0.15, -0.1) is 11.3 Å². The van der Waals surface area contributed by atoms with Crippen LogP contribution in [0.2, 0.25) is 0 Å². The summed E-state index contributed by atoms with van der Waals surface area (Å²) in [6.45, 7) is 2.25. The molecule has 1 atom stereocenters. The molecule has 1 unspecified atom stereocenters. The molecule has 0 aliphatic rings. The number of aromatic nitrogens is 1. The molecule has 9 heteroatoms. The van der Waals surface area contributed by atoms with Gasteiger partial charge in [-0.2, -0.15) is 13.2 Å². The van der Waals surface area contributed by atoms with Gasteiger partial charge in [0.1, 0.15) is 5.01 Å². The average molecular weight is 311 g/mol. The lowest BCUT2D eigenvalue weighted by molar-refractivity contribution is -0.140. The van der Waals surface area contributed by atoms with Gasteiger partial charge in [-0.1, -0.05) is 6.92 Å². The number of aliphatic hydroxyl groups excluding tert-OH is 1. The summed E-state index contributed by atoms with van der Waals surface area (Å²) >= 11 is 0.844. The SMILES string of the molecule is CC(CCO)CNC(=O)NCc1nc(C(F)(F)F)cs1. The van der Waals surface area contributed by atoms with Gasteiger partial charge in [0.05, 0.1) is 6.54 Å². The van der Waals surface area contributed by atoms with E-state index in [1.165, 1.54) is 0 Å². The number of carbonyl (C=O) groups excluding carboxylic acids is 1. The van der Waals surface area contributed by atoms with Crippen LogP contribution in [0.25, 0.3) is 0 Å². The molecule has 5 nitrogen and oxygen atoms in total. The second-order valence-electron chi connectivity index (χ2n) is 4.31. The first-order valence-corrected chi connectivity index (χ1v) is 6.85. The van der Waals surface area contributed by atoms with Crippen molar-refractivity contribution in [1.82, 2.24) is 15.6 Å². The first-order valence-electron chi connectivity index (χ1n) is 5.97. The number of thiazole rings is 1. The van der Waals surface area contributed by atoms with Gasteiger partial charge in [-0.05, 0) is 12.3 Å². The summed E-state index contributed by atoms with van der Waals surface area (Å²) < 4.78 is 36.9. The molecule has 114 valence electrons. The minimum Gasteiger partial charge on any atom is -0.396 e. The van der Waals surface area contributed by atoms with E-state index in [4.69, 9.17) is 5.11 Å². The van der Waals surface area contributed by atoms with Crippen LogP contribution in [0.1, 0.15) is 24.0 Å². The number of amides is 2. The van der Waals surface area contributed by atoms with Crippen LogP contribution in [0, 0.1) is 5.92 Å². The minimum absolute atomic E-state index is 0.0454. The maximum absolute atomic E-state index is 12.3. The van der Waals surface area contributed by atoms with Crippen molar-refractivity contribution in [2.75, 3.05) is 13.2 Å². The van der Waals surface area contributed by atoms with E-state index in [1.807, 2.05) is 6.92 Å². The molecule has 0 aliphatic carbocycles. The lowest BCUT2D eigenvalue weighted by Gasteiger charge is -2.11. The second kappa shape index (κ2) is 7.44. The van der Waals surface area contributed by atoms with E-state index in [0.29, 0.717) is 13.0 Å². The lowest BCUT2D eigenvalue weighted by Crippen LogP contribution is -2.37. The first kappa shape index (κ1) is 16.7. The molecule has 0 fully saturated rings. The zero-order valence-electron chi connectivity index (χ0n) is 10.8. The molecule has 0 aliphatic heterocycles. The quantitative estimate of drug-likeness (QED) is 0.752. The van der Waals surface area contributed by atoms with Gasteiger partial charge in [0.25, 0.3) is 0 Å². The van der Waals surface area contributed by atoms with Gasteiger partial charge in [-0.3, -0.25) is 0 Å². The van der Waals surface area contributed by atoms with Gasteiger partial charge in [0.15, 0.2) is 5.69 Å². The molecule has 20 heavy (non-hydrogen) atoms. The highest BCUT2D eigenvalue weighted by atomic mass is 32.1. The molecule has 1 rings (SSSR count). The summed E-state index contributed by atoms with van der Waals surface area (Å²) in [6.07, 6.45) is -3.89. The molecule has 0 saturated carbocycles. The van der Waals surface area contributed by atoms with Gasteiger partial charge in [-0.25, -0.2) is 9.78 Å². The standard InChI is InChI=1S/C11H16F3N3O2S/c1-7(2-3-18)4-15-10(19)16-5-9-17-8(6-20-9)11(12,13)14/h6-7,18H,2-5H2,1H3,(H2,15,16,19). The van der Waals surface area contributed by atoms with Gasteiger partial charge < -0.3 is 15.7 Å². The van der Waals surface area contributed by atoms with E-state index < -0.39 is 17.9 Å². The van der Waals surface area contributed by atoms with Crippen LogP contribution in [-0.4, -0.2) is 29.3 Å². The predicted molar refractivity (Wildman–Crippen MR) is 68.2 cm³/mol. The third-order valence-corrected chi connectivity index (χ3v) is 3.32. The Morgan fingerprint density at radius 2 is 2.20 bits per heavy atom. The van der Waals surface area contributed by atoms with Crippen LogP contribution in [-0.2, 0) is 12.7 Å². The molecule has 0 aromatic carbocycles. The van der Waals surface area contributed by atoms with E-state index in [0.717, 1.165) is 16.7 Å². The monoisotopic (exact) mass is 311 g/mol. The Balaban J connectivity index is 2.32. The number of urea groups is 1. The fourth-order valence-electron chi connectivity index (χ4n) is 1.33. The molecule has 2 amide bonds. The van der Waals surface area contributed by atoms with E-state index >= 15 is 0 Å². The highest BCUT2D eigenvalue weighted by molar-refractivity contribution is 7.09. The third-order valence-electron chi connectivity index (χ3n) is 2.48. The number of nitrogens with one attached hydrogen (secondary N) is 2. The van der Waals surface area contributed by atoms with Crippen LogP contribution >= 0.6 is 11.3 Å². The molecule has 0 saturated heterocycles. The highest BCUT2D eigenvalue weighted by Gasteiger charge is 2.33. The number of nitrogens with zero attached hydrogens (tertiary/aromatic N) is 1. The third kappa shape index (κ3) is 5.74. The summed E-state index contributed by atoms with van der Waals surface area (Å²) in [7, 11) is 0. The Labute approximate surface area is 118 Å². The zero-order chi connectivity index (χ0) is 15.2. The summed E-state index contributed by atoms with van der Waals surface area (Å²) in [6, 6.07) is -0.474. The van der Waals surface area contributed by atoms with Gasteiger partial charge >= 0.3 is 12.2 Å². The Bertz CT molecular complexity index is 437. The van der Waals surface area contributed by atoms with E-state index in [-0.39, 0.29) is 24.1 Å². The zero-order valence-corrected chi connectivity index (χ0v) is 11.6. The minimum atomic E-state index is -4.46. The second-order valence-corrected chi connectivity index (χ2v) is 5.25. The average Bonchev–Trinajstić information content (AvgIpc) is 2.83. The smallest absolute Gasteiger partial charge is 0.396 e. The lowest BCUT2D eigenvalue weighted by atomic mass is 10.1. The number of alkyl halides is 3. The molecular formula is C11H16F3N3O2S. The van der Waals surface area contributed by atoms with Crippen molar-refractivity contribution in [3.8, 4) is 0 Å². The fraction of sp³-hybridized carbons (Fsp3) is 0.636. The van der Waals surface area contributed by atoms with Crippen LogP contribution < -0.4 is 10.6 Å². The molecule has 0 radical (unpaired) electrons. The first-order chi connectivity index (χ1) is 9.32. The number of halogens is 3. The molecule has 1 aromatic rings. The summed E-state index contributed by atoms with van der Waals surface area (Å²) in [5, 5.41) is 14.8.